The van der Waals surface area contributed by atoms with Crippen molar-refractivity contribution in [1.29, 1.82) is 0 Å². The Labute approximate surface area is 168 Å². The van der Waals surface area contributed by atoms with Gasteiger partial charge in [-0.2, -0.15) is 0 Å². The van der Waals surface area contributed by atoms with E-state index in [0.717, 1.165) is 0 Å². The number of aryl methyl sites for hydroxylation is 1. The molecule has 3 aromatic rings. The largest absolute Gasteiger partial charge is 0.186 e. The second-order valence-corrected chi connectivity index (χ2v) is 9.61. The van der Waals surface area contributed by atoms with E-state index in [1.165, 1.54) is 91.2 Å². The normalized spacial score (nSPS) is 12.0. The van der Waals surface area contributed by atoms with Gasteiger partial charge < -0.3 is 0 Å². The molecular weight excluding hydrogens is 344 g/mol. The summed E-state index contributed by atoms with van der Waals surface area (Å²) in [7, 11) is 0.131. The zero-order valence-electron chi connectivity index (χ0n) is 17.0. The van der Waals surface area contributed by atoms with Gasteiger partial charge in [-0.25, -0.2) is 0 Å². The Morgan fingerprint density at radius 1 is 0.630 bits per heavy atom. The van der Waals surface area contributed by atoms with Gasteiger partial charge in [0.25, 0.3) is 0 Å². The van der Waals surface area contributed by atoms with E-state index in [-0.39, 0.29) is 10.5 Å². The molecule has 0 spiro atoms. The van der Waals surface area contributed by atoms with E-state index in [0.29, 0.717) is 0 Å². The maximum absolute atomic E-state index is 2.36. The number of hydrogen-bond donors (Lipinski definition) is 0. The van der Waals surface area contributed by atoms with Gasteiger partial charge in [0.2, 0.25) is 0 Å². The number of rotatable bonds is 12. The standard InChI is InChI=1S/C26H35S/c1-2-3-4-5-6-7-8-9-10-11-14-23-17-19-25(20-18-23)27-22-21-24-15-12-13-16-26(24)27/h12-13,15-22H,2-11,14H2,1H3/q+1. The van der Waals surface area contributed by atoms with Gasteiger partial charge in [0.15, 0.2) is 9.60 Å². The maximum Gasteiger partial charge on any atom is 0.186 e. The van der Waals surface area contributed by atoms with E-state index in [9.17, 15) is 0 Å². The summed E-state index contributed by atoms with van der Waals surface area (Å²) in [4.78, 5) is 1.45. The minimum atomic E-state index is 0.131. The lowest BCUT2D eigenvalue weighted by atomic mass is 10.0. The van der Waals surface area contributed by atoms with Crippen LogP contribution in [-0.2, 0) is 6.42 Å². The van der Waals surface area contributed by atoms with Crippen molar-refractivity contribution in [2.75, 3.05) is 0 Å². The lowest BCUT2D eigenvalue weighted by Crippen LogP contribution is -1.86. The Hall–Kier alpha value is -1.60. The summed E-state index contributed by atoms with van der Waals surface area (Å²) in [6.07, 6.45) is 15.3. The molecule has 0 saturated heterocycles. The highest BCUT2D eigenvalue weighted by atomic mass is 32.2. The molecule has 0 radical (unpaired) electrons. The molecule has 0 saturated carbocycles. The van der Waals surface area contributed by atoms with E-state index in [2.05, 4.69) is 66.9 Å². The molecule has 0 fully saturated rings. The summed E-state index contributed by atoms with van der Waals surface area (Å²) in [5, 5.41) is 3.75. The number of fused-ring (bicyclic) bond motifs is 1. The minimum absolute atomic E-state index is 0.131. The molecular formula is C26H35S+. The molecule has 1 aromatic heterocycles. The summed E-state index contributed by atoms with van der Waals surface area (Å²) in [6, 6.07) is 20.5. The van der Waals surface area contributed by atoms with E-state index in [4.69, 9.17) is 0 Å². The third-order valence-electron chi connectivity index (χ3n) is 5.54. The Kier molecular flexibility index (Phi) is 8.42. The molecule has 1 heteroatoms. The van der Waals surface area contributed by atoms with Crippen molar-refractivity contribution >= 4 is 20.6 Å². The van der Waals surface area contributed by atoms with Crippen LogP contribution in [0.3, 0.4) is 0 Å². The third-order valence-corrected chi connectivity index (χ3v) is 7.57. The first-order valence-electron chi connectivity index (χ1n) is 11.0. The number of unbranched alkanes of at least 4 members (excludes halogenated alkanes) is 9. The molecule has 0 nitrogen and oxygen atoms in total. The fourth-order valence-electron chi connectivity index (χ4n) is 3.86. The van der Waals surface area contributed by atoms with E-state index < -0.39 is 0 Å². The van der Waals surface area contributed by atoms with Gasteiger partial charge in [0.05, 0.1) is 0 Å². The van der Waals surface area contributed by atoms with Crippen LogP contribution < -0.4 is 0 Å². The maximum atomic E-state index is 2.36. The highest BCUT2D eigenvalue weighted by Crippen LogP contribution is 2.39. The molecule has 3 rings (SSSR count). The zero-order chi connectivity index (χ0) is 18.7. The monoisotopic (exact) mass is 379 g/mol. The smallest absolute Gasteiger partial charge is 0.0654 e. The Balaban J connectivity index is 1.36. The Morgan fingerprint density at radius 2 is 1.26 bits per heavy atom. The van der Waals surface area contributed by atoms with Crippen LogP contribution in [-0.4, -0.2) is 0 Å². The molecule has 0 amide bonds. The second-order valence-electron chi connectivity index (χ2n) is 7.75. The van der Waals surface area contributed by atoms with Crippen LogP contribution in [0.4, 0.5) is 0 Å². The third kappa shape index (κ3) is 6.21. The SMILES string of the molecule is CCCCCCCCCCCCc1ccc(-[s+]2ccc3ccccc32)cc1. The highest BCUT2D eigenvalue weighted by molar-refractivity contribution is 7.43. The van der Waals surface area contributed by atoms with Gasteiger partial charge in [-0.1, -0.05) is 89.0 Å². The lowest BCUT2D eigenvalue weighted by molar-refractivity contribution is 0.556. The van der Waals surface area contributed by atoms with E-state index in [1.807, 2.05) is 0 Å². The molecule has 2 aromatic carbocycles. The van der Waals surface area contributed by atoms with Gasteiger partial charge in [0.1, 0.15) is 5.38 Å². The van der Waals surface area contributed by atoms with Crippen molar-refractivity contribution < 1.29 is 0 Å². The molecule has 0 bridgehead atoms. The fraction of sp³-hybridized carbons (Fsp3) is 0.462. The lowest BCUT2D eigenvalue weighted by Gasteiger charge is -2.03. The minimum Gasteiger partial charge on any atom is -0.0654 e. The van der Waals surface area contributed by atoms with Gasteiger partial charge in [-0.05, 0) is 42.7 Å². The van der Waals surface area contributed by atoms with Crippen molar-refractivity contribution in [1.82, 2.24) is 0 Å². The zero-order valence-corrected chi connectivity index (χ0v) is 17.8. The van der Waals surface area contributed by atoms with E-state index in [1.54, 1.807) is 0 Å². The molecule has 144 valence electrons. The molecule has 0 N–H and O–H groups in total. The highest BCUT2D eigenvalue weighted by Gasteiger charge is 2.14. The number of benzene rings is 2. The summed E-state index contributed by atoms with van der Waals surface area (Å²) in [5.74, 6) is 0. The summed E-state index contributed by atoms with van der Waals surface area (Å²) in [6.45, 7) is 2.29. The van der Waals surface area contributed by atoms with Gasteiger partial charge in [-0.15, -0.1) is 0 Å². The summed E-state index contributed by atoms with van der Waals surface area (Å²) in [5.41, 5.74) is 1.50. The van der Waals surface area contributed by atoms with Crippen molar-refractivity contribution in [3.05, 3.63) is 65.5 Å². The predicted octanol–water partition coefficient (Wildman–Crippen LogP) is 9.04. The average Bonchev–Trinajstić information content (AvgIpc) is 3.14. The van der Waals surface area contributed by atoms with Crippen molar-refractivity contribution in [3.63, 3.8) is 0 Å². The fourth-order valence-corrected chi connectivity index (χ4v) is 5.74. The second kappa shape index (κ2) is 11.3. The number of thiophene rings is 1. The topological polar surface area (TPSA) is 0 Å². The van der Waals surface area contributed by atoms with Gasteiger partial charge in [-0.3, -0.25) is 0 Å². The molecule has 1 heterocycles. The van der Waals surface area contributed by atoms with Crippen LogP contribution in [0.5, 0.6) is 0 Å². The quantitative estimate of drug-likeness (QED) is 0.217. The van der Waals surface area contributed by atoms with Crippen LogP contribution in [0.1, 0.15) is 76.7 Å². The van der Waals surface area contributed by atoms with E-state index >= 15 is 0 Å². The summed E-state index contributed by atoms with van der Waals surface area (Å²) < 4.78 is 1.47. The molecule has 0 aliphatic rings. The van der Waals surface area contributed by atoms with Gasteiger partial charge >= 0.3 is 0 Å². The van der Waals surface area contributed by atoms with Crippen LogP contribution in [0.15, 0.2) is 60.0 Å². The Morgan fingerprint density at radius 3 is 1.96 bits per heavy atom. The Bertz CT molecular complexity index is 781. The first-order chi connectivity index (χ1) is 13.4. The molecule has 0 aliphatic carbocycles. The first kappa shape index (κ1) is 20.1. The molecule has 0 aliphatic heterocycles. The first-order valence-corrected chi connectivity index (χ1v) is 12.3. The van der Waals surface area contributed by atoms with Crippen LogP contribution >= 0.6 is 10.5 Å². The average molecular weight is 380 g/mol. The van der Waals surface area contributed by atoms with Crippen molar-refractivity contribution in [2.24, 2.45) is 0 Å². The van der Waals surface area contributed by atoms with Crippen LogP contribution in [0.2, 0.25) is 0 Å². The van der Waals surface area contributed by atoms with Crippen LogP contribution in [0, 0.1) is 0 Å². The molecule has 27 heavy (non-hydrogen) atoms. The van der Waals surface area contributed by atoms with Crippen molar-refractivity contribution in [3.8, 4) is 4.90 Å². The van der Waals surface area contributed by atoms with Crippen molar-refractivity contribution in [2.45, 2.75) is 77.6 Å². The van der Waals surface area contributed by atoms with Crippen LogP contribution in [0.25, 0.3) is 15.0 Å². The molecule has 1 atom stereocenters. The molecule has 1 unspecified atom stereocenters. The number of hydrogen-bond acceptors (Lipinski definition) is 0. The predicted molar refractivity (Wildman–Crippen MR) is 123 cm³/mol. The van der Waals surface area contributed by atoms with Gasteiger partial charge in [0, 0.05) is 21.9 Å². The summed E-state index contributed by atoms with van der Waals surface area (Å²) >= 11 is 0.